The molecule has 4 rings (SSSR count). The van der Waals surface area contributed by atoms with Gasteiger partial charge < -0.3 is 20.0 Å². The topological polar surface area (TPSA) is 141 Å². The fourth-order valence-electron chi connectivity index (χ4n) is 4.07. The Balaban J connectivity index is 0.000000353. The van der Waals surface area contributed by atoms with Crippen molar-refractivity contribution >= 4 is 11.9 Å². The van der Waals surface area contributed by atoms with E-state index in [-0.39, 0.29) is 17.5 Å². The molecule has 0 atom stereocenters. The Morgan fingerprint density at radius 1 is 0.884 bits per heavy atom. The third-order valence-electron chi connectivity index (χ3n) is 6.59. The summed E-state index contributed by atoms with van der Waals surface area (Å²) in [5.41, 5.74) is 8.90. The molecule has 1 amide bonds. The van der Waals surface area contributed by atoms with Crippen LogP contribution in [0.4, 0.5) is 0 Å². The SMILES string of the molecule is CC(C)(C)c1nc(C(N)=O)co1.CCCCCCCOc1ccc(-c2cnc(-c3ccc(CCC(=O)O)cc3)nc2)cc1. The van der Waals surface area contributed by atoms with Gasteiger partial charge in [-0.25, -0.2) is 15.0 Å². The van der Waals surface area contributed by atoms with Gasteiger partial charge in [-0.2, -0.15) is 0 Å². The summed E-state index contributed by atoms with van der Waals surface area (Å²) in [4.78, 5) is 34.3. The van der Waals surface area contributed by atoms with E-state index in [1.807, 2.05) is 81.7 Å². The Kier molecular flexibility index (Phi) is 12.4. The van der Waals surface area contributed by atoms with E-state index in [0.29, 0.717) is 18.1 Å². The monoisotopic (exact) mass is 586 g/mol. The first-order chi connectivity index (χ1) is 20.6. The molecule has 0 fully saturated rings. The minimum absolute atomic E-state index is 0.132. The quantitative estimate of drug-likeness (QED) is 0.156. The molecule has 0 bridgehead atoms. The van der Waals surface area contributed by atoms with Crippen molar-refractivity contribution in [3.63, 3.8) is 0 Å². The molecule has 3 N–H and O–H groups in total. The summed E-state index contributed by atoms with van der Waals surface area (Å²) in [5, 5.41) is 8.79. The minimum Gasteiger partial charge on any atom is -0.494 e. The predicted molar refractivity (Wildman–Crippen MR) is 167 cm³/mol. The van der Waals surface area contributed by atoms with Crippen LogP contribution in [0, 0.1) is 0 Å². The molecule has 2 aromatic heterocycles. The molecule has 2 aromatic carbocycles. The zero-order chi connectivity index (χ0) is 31.2. The van der Waals surface area contributed by atoms with Gasteiger partial charge in [0.2, 0.25) is 0 Å². The van der Waals surface area contributed by atoms with Crippen LogP contribution < -0.4 is 10.5 Å². The van der Waals surface area contributed by atoms with Crippen molar-refractivity contribution in [2.45, 2.75) is 78.1 Å². The van der Waals surface area contributed by atoms with Crippen LogP contribution in [0.25, 0.3) is 22.5 Å². The van der Waals surface area contributed by atoms with Crippen molar-refractivity contribution in [1.82, 2.24) is 15.0 Å². The lowest BCUT2D eigenvalue weighted by Gasteiger charge is -2.11. The van der Waals surface area contributed by atoms with Gasteiger partial charge in [-0.15, -0.1) is 0 Å². The Bertz CT molecular complexity index is 1420. The molecule has 0 saturated heterocycles. The molecule has 0 aliphatic rings. The van der Waals surface area contributed by atoms with Crippen LogP contribution in [-0.2, 0) is 16.6 Å². The molecule has 228 valence electrons. The molecule has 0 spiro atoms. The fourth-order valence-corrected chi connectivity index (χ4v) is 4.07. The summed E-state index contributed by atoms with van der Waals surface area (Å²) in [5.74, 6) is 0.715. The first kappa shape index (κ1) is 33.0. The number of rotatable bonds is 13. The number of aromatic nitrogens is 3. The molecule has 9 heteroatoms. The van der Waals surface area contributed by atoms with E-state index in [9.17, 15) is 9.59 Å². The van der Waals surface area contributed by atoms with Crippen LogP contribution in [0.15, 0.2) is 71.6 Å². The number of primary amides is 1. The van der Waals surface area contributed by atoms with E-state index in [1.165, 1.54) is 31.9 Å². The number of carbonyl (C=O) groups excluding carboxylic acids is 1. The van der Waals surface area contributed by atoms with Gasteiger partial charge in [0, 0.05) is 35.4 Å². The van der Waals surface area contributed by atoms with E-state index in [2.05, 4.69) is 21.9 Å². The smallest absolute Gasteiger partial charge is 0.303 e. The average molecular weight is 587 g/mol. The van der Waals surface area contributed by atoms with E-state index in [4.69, 9.17) is 20.0 Å². The molecular weight excluding hydrogens is 544 g/mol. The third-order valence-corrected chi connectivity index (χ3v) is 6.59. The Labute approximate surface area is 253 Å². The number of ether oxygens (including phenoxy) is 1. The van der Waals surface area contributed by atoms with Gasteiger partial charge in [0.1, 0.15) is 12.0 Å². The zero-order valence-corrected chi connectivity index (χ0v) is 25.5. The molecule has 9 nitrogen and oxygen atoms in total. The van der Waals surface area contributed by atoms with Crippen molar-refractivity contribution in [3.05, 3.63) is 84.3 Å². The molecule has 2 heterocycles. The van der Waals surface area contributed by atoms with Gasteiger partial charge in [0.15, 0.2) is 17.4 Å². The highest BCUT2D eigenvalue weighted by Gasteiger charge is 2.21. The Morgan fingerprint density at radius 2 is 1.51 bits per heavy atom. The van der Waals surface area contributed by atoms with E-state index in [1.54, 1.807) is 0 Å². The van der Waals surface area contributed by atoms with Crippen LogP contribution in [0.5, 0.6) is 5.75 Å². The van der Waals surface area contributed by atoms with Crippen molar-refractivity contribution in [2.75, 3.05) is 6.61 Å². The summed E-state index contributed by atoms with van der Waals surface area (Å²) in [6, 6.07) is 15.8. The number of carboxylic acid groups (broad SMARTS) is 1. The van der Waals surface area contributed by atoms with Crippen LogP contribution in [0.3, 0.4) is 0 Å². The van der Waals surface area contributed by atoms with Crippen molar-refractivity contribution in [1.29, 1.82) is 0 Å². The lowest BCUT2D eigenvalue weighted by molar-refractivity contribution is -0.136. The van der Waals surface area contributed by atoms with Gasteiger partial charge in [-0.3, -0.25) is 9.59 Å². The maximum absolute atomic E-state index is 10.7. The molecule has 0 unspecified atom stereocenters. The third kappa shape index (κ3) is 11.0. The number of aliphatic carboxylic acids is 1. The predicted octanol–water partition coefficient (Wildman–Crippen LogP) is 7.25. The van der Waals surface area contributed by atoms with E-state index < -0.39 is 11.9 Å². The largest absolute Gasteiger partial charge is 0.494 e. The molecule has 43 heavy (non-hydrogen) atoms. The molecule has 0 radical (unpaired) electrons. The normalized spacial score (nSPS) is 11.0. The van der Waals surface area contributed by atoms with Gasteiger partial charge >= 0.3 is 5.97 Å². The van der Waals surface area contributed by atoms with Gasteiger partial charge in [0.05, 0.1) is 6.61 Å². The van der Waals surface area contributed by atoms with E-state index in [0.717, 1.165) is 41.0 Å². The highest BCUT2D eigenvalue weighted by atomic mass is 16.5. The summed E-state index contributed by atoms with van der Waals surface area (Å²) >= 11 is 0. The second kappa shape index (κ2) is 16.2. The zero-order valence-electron chi connectivity index (χ0n) is 25.5. The fraction of sp³-hybridized carbons (Fsp3) is 0.382. The van der Waals surface area contributed by atoms with Gasteiger partial charge in [-0.05, 0) is 36.1 Å². The second-order valence-corrected chi connectivity index (χ2v) is 11.3. The van der Waals surface area contributed by atoms with E-state index >= 15 is 0 Å². The first-order valence-electron chi connectivity index (χ1n) is 14.7. The molecule has 4 aromatic rings. The van der Waals surface area contributed by atoms with Crippen molar-refractivity contribution in [3.8, 4) is 28.3 Å². The summed E-state index contributed by atoms with van der Waals surface area (Å²) in [7, 11) is 0. The summed E-state index contributed by atoms with van der Waals surface area (Å²) in [6.07, 6.45) is 11.7. The number of hydrogen-bond donors (Lipinski definition) is 2. The Morgan fingerprint density at radius 3 is 2.05 bits per heavy atom. The first-order valence-corrected chi connectivity index (χ1v) is 14.7. The Hall–Kier alpha value is -4.53. The van der Waals surface area contributed by atoms with Crippen LogP contribution in [0.2, 0.25) is 0 Å². The van der Waals surface area contributed by atoms with Crippen molar-refractivity contribution < 1.29 is 23.8 Å². The number of oxazole rings is 1. The maximum Gasteiger partial charge on any atom is 0.303 e. The second-order valence-electron chi connectivity index (χ2n) is 11.3. The molecule has 0 aliphatic carbocycles. The summed E-state index contributed by atoms with van der Waals surface area (Å²) in [6.45, 7) is 8.83. The van der Waals surface area contributed by atoms with Crippen LogP contribution in [-0.4, -0.2) is 38.5 Å². The number of hydrogen-bond acceptors (Lipinski definition) is 7. The van der Waals surface area contributed by atoms with Crippen molar-refractivity contribution in [2.24, 2.45) is 5.73 Å². The van der Waals surface area contributed by atoms with Crippen LogP contribution in [0.1, 0.15) is 88.2 Å². The number of amides is 1. The van der Waals surface area contributed by atoms with Gasteiger partial charge in [-0.1, -0.05) is 89.8 Å². The number of nitrogens with zero attached hydrogens (tertiary/aromatic N) is 3. The lowest BCUT2D eigenvalue weighted by Crippen LogP contribution is -2.14. The summed E-state index contributed by atoms with van der Waals surface area (Å²) < 4.78 is 10.9. The highest BCUT2D eigenvalue weighted by Crippen LogP contribution is 2.24. The standard InChI is InChI=1S/C26H30N2O3.C8H12N2O2/c1-2-3-4-5-6-17-31-24-14-12-21(13-15-24)23-18-27-26(28-19-23)22-10-7-20(8-11-22)9-16-25(29)30;1-8(2,3)7-10-5(4-12-7)6(9)11/h7-8,10-15,18-19H,2-6,9,16-17H2,1H3,(H,29,30);4H,1-3H3,(H2,9,11). The minimum atomic E-state index is -0.787. The number of nitrogens with two attached hydrogens (primary N) is 1. The number of aryl methyl sites for hydroxylation is 1. The number of unbranched alkanes of at least 4 members (excludes halogenated alkanes) is 4. The van der Waals surface area contributed by atoms with Gasteiger partial charge in [0.25, 0.3) is 5.91 Å². The highest BCUT2D eigenvalue weighted by molar-refractivity contribution is 5.90. The number of carboxylic acids is 1. The molecule has 0 aliphatic heterocycles. The maximum atomic E-state index is 10.7. The lowest BCUT2D eigenvalue weighted by atomic mass is 9.97. The molecular formula is C34H42N4O5. The van der Waals surface area contributed by atoms with Crippen LogP contribution >= 0.6 is 0 Å². The average Bonchev–Trinajstić information content (AvgIpc) is 3.51. The number of benzene rings is 2. The molecule has 0 saturated carbocycles. The number of carbonyl (C=O) groups is 2.